The van der Waals surface area contributed by atoms with Gasteiger partial charge in [0.05, 0.1) is 13.5 Å². The average Bonchev–Trinajstić information content (AvgIpc) is 2.97. The van der Waals surface area contributed by atoms with Crippen molar-refractivity contribution < 1.29 is 9.53 Å². The smallest absolute Gasteiger partial charge is 0.227 e. The van der Waals surface area contributed by atoms with Crippen LogP contribution < -0.4 is 4.74 Å². The summed E-state index contributed by atoms with van der Waals surface area (Å²) < 4.78 is 7.52. The third-order valence-electron chi connectivity index (χ3n) is 5.79. The molecule has 0 radical (unpaired) electrons. The molecule has 6 heteroatoms. The van der Waals surface area contributed by atoms with Crippen molar-refractivity contribution >= 4 is 5.91 Å². The normalized spacial score (nSPS) is 20.0. The molecule has 0 saturated carbocycles. The second-order valence-electron chi connectivity index (χ2n) is 7.64. The first-order valence-corrected chi connectivity index (χ1v) is 10.1. The highest BCUT2D eigenvalue weighted by atomic mass is 16.5. The van der Waals surface area contributed by atoms with Crippen LogP contribution in [0.2, 0.25) is 0 Å². The summed E-state index contributed by atoms with van der Waals surface area (Å²) in [6, 6.07) is 7.76. The van der Waals surface area contributed by atoms with Crippen LogP contribution in [0, 0.1) is 0 Å². The molecular formula is C21H28N4O2. The van der Waals surface area contributed by atoms with E-state index < -0.39 is 0 Å². The molecule has 1 atom stereocenters. The Bertz CT molecular complexity index is 784. The van der Waals surface area contributed by atoms with E-state index in [0.717, 1.165) is 61.9 Å². The van der Waals surface area contributed by atoms with Crippen LogP contribution in [-0.2, 0) is 24.2 Å². The standard InChI is InChI=1S/C21H28N4O2/c1-27-18-10-8-16(9-11-18)14-20(26)24-12-5-6-17(15-24)21-23-22-19-7-3-2-4-13-25(19)21/h8-11,17H,2-7,12-15H2,1H3. The number of carbonyl (C=O) groups is 1. The molecule has 1 saturated heterocycles. The number of nitrogens with zero attached hydrogens (tertiary/aromatic N) is 4. The summed E-state index contributed by atoms with van der Waals surface area (Å²) in [5.41, 5.74) is 1.03. The monoisotopic (exact) mass is 368 g/mol. The Morgan fingerprint density at radius 1 is 1.11 bits per heavy atom. The molecule has 3 heterocycles. The van der Waals surface area contributed by atoms with Crippen LogP contribution in [0.1, 0.15) is 55.2 Å². The van der Waals surface area contributed by atoms with Crippen LogP contribution >= 0.6 is 0 Å². The van der Waals surface area contributed by atoms with Gasteiger partial charge in [-0.1, -0.05) is 18.6 Å². The Kier molecular flexibility index (Phi) is 5.41. The third-order valence-corrected chi connectivity index (χ3v) is 5.79. The minimum absolute atomic E-state index is 0.195. The lowest BCUT2D eigenvalue weighted by Gasteiger charge is -2.32. The summed E-state index contributed by atoms with van der Waals surface area (Å²) in [6.07, 6.45) is 7.25. The molecule has 2 aromatic rings. The molecule has 27 heavy (non-hydrogen) atoms. The minimum Gasteiger partial charge on any atom is -0.497 e. The second kappa shape index (κ2) is 8.11. The molecule has 2 aliphatic rings. The van der Waals surface area contributed by atoms with E-state index in [2.05, 4.69) is 14.8 Å². The van der Waals surface area contributed by atoms with E-state index in [4.69, 9.17) is 4.74 Å². The second-order valence-corrected chi connectivity index (χ2v) is 7.64. The molecule has 0 bridgehead atoms. The zero-order valence-corrected chi connectivity index (χ0v) is 16.1. The van der Waals surface area contributed by atoms with Gasteiger partial charge in [-0.05, 0) is 43.4 Å². The lowest BCUT2D eigenvalue weighted by molar-refractivity contribution is -0.131. The summed E-state index contributed by atoms with van der Waals surface area (Å²) in [4.78, 5) is 14.8. The summed E-state index contributed by atoms with van der Waals surface area (Å²) in [6.45, 7) is 2.62. The maximum absolute atomic E-state index is 12.8. The topological polar surface area (TPSA) is 60.2 Å². The quantitative estimate of drug-likeness (QED) is 0.832. The summed E-state index contributed by atoms with van der Waals surface area (Å²) in [5, 5.41) is 8.96. The van der Waals surface area contributed by atoms with Crippen molar-refractivity contribution in [1.82, 2.24) is 19.7 Å². The summed E-state index contributed by atoms with van der Waals surface area (Å²) in [5.74, 6) is 3.54. The molecule has 4 rings (SSSR count). The molecule has 1 aromatic heterocycles. The van der Waals surface area contributed by atoms with Gasteiger partial charge in [-0.2, -0.15) is 0 Å². The molecule has 144 valence electrons. The van der Waals surface area contributed by atoms with Gasteiger partial charge < -0.3 is 14.2 Å². The number of likely N-dealkylation sites (tertiary alicyclic amines) is 1. The van der Waals surface area contributed by atoms with Crippen molar-refractivity contribution in [1.29, 1.82) is 0 Å². The molecule has 1 fully saturated rings. The number of ether oxygens (including phenoxy) is 1. The number of hydrogen-bond donors (Lipinski definition) is 0. The van der Waals surface area contributed by atoms with Gasteiger partial charge in [0.1, 0.15) is 17.4 Å². The van der Waals surface area contributed by atoms with Crippen LogP contribution in [0.5, 0.6) is 5.75 Å². The van der Waals surface area contributed by atoms with Crippen molar-refractivity contribution in [2.75, 3.05) is 20.2 Å². The number of rotatable bonds is 4. The fraction of sp³-hybridized carbons (Fsp3) is 0.571. The summed E-state index contributed by atoms with van der Waals surface area (Å²) in [7, 11) is 1.65. The van der Waals surface area contributed by atoms with E-state index in [9.17, 15) is 4.79 Å². The van der Waals surface area contributed by atoms with Crippen LogP contribution in [0.25, 0.3) is 0 Å². The highest BCUT2D eigenvalue weighted by molar-refractivity contribution is 5.79. The van der Waals surface area contributed by atoms with Crippen LogP contribution in [0.3, 0.4) is 0 Å². The van der Waals surface area contributed by atoms with Gasteiger partial charge in [-0.25, -0.2) is 0 Å². The Morgan fingerprint density at radius 3 is 2.78 bits per heavy atom. The Balaban J connectivity index is 1.43. The number of aryl methyl sites for hydroxylation is 1. The van der Waals surface area contributed by atoms with E-state index in [0.29, 0.717) is 12.3 Å². The molecule has 6 nitrogen and oxygen atoms in total. The number of carbonyl (C=O) groups excluding carboxylic acids is 1. The van der Waals surface area contributed by atoms with Gasteiger partial charge in [-0.3, -0.25) is 4.79 Å². The van der Waals surface area contributed by atoms with Gasteiger partial charge in [0.25, 0.3) is 0 Å². The highest BCUT2D eigenvalue weighted by Gasteiger charge is 2.29. The number of benzene rings is 1. The maximum atomic E-state index is 12.8. The predicted octanol–water partition coefficient (Wildman–Crippen LogP) is 2.96. The first-order valence-electron chi connectivity index (χ1n) is 10.1. The number of methoxy groups -OCH3 is 1. The van der Waals surface area contributed by atoms with Crippen molar-refractivity contribution in [2.24, 2.45) is 0 Å². The van der Waals surface area contributed by atoms with Crippen LogP contribution in [-0.4, -0.2) is 45.8 Å². The van der Waals surface area contributed by atoms with Gasteiger partial charge in [-0.15, -0.1) is 10.2 Å². The SMILES string of the molecule is COc1ccc(CC(=O)N2CCCC(c3nnc4n3CCCCC4)C2)cc1. The molecule has 1 unspecified atom stereocenters. The largest absolute Gasteiger partial charge is 0.497 e. The fourth-order valence-electron chi connectivity index (χ4n) is 4.25. The van der Waals surface area contributed by atoms with Crippen molar-refractivity contribution in [3.63, 3.8) is 0 Å². The molecular weight excluding hydrogens is 340 g/mol. The van der Waals surface area contributed by atoms with E-state index >= 15 is 0 Å². The number of hydrogen-bond acceptors (Lipinski definition) is 4. The zero-order valence-electron chi connectivity index (χ0n) is 16.1. The van der Waals surface area contributed by atoms with E-state index in [1.807, 2.05) is 29.2 Å². The molecule has 0 N–H and O–H groups in total. The molecule has 0 aliphatic carbocycles. The van der Waals surface area contributed by atoms with E-state index in [1.165, 1.54) is 19.3 Å². The first-order chi connectivity index (χ1) is 13.2. The Morgan fingerprint density at radius 2 is 1.96 bits per heavy atom. The van der Waals surface area contributed by atoms with Crippen LogP contribution in [0.15, 0.2) is 24.3 Å². The molecule has 0 spiro atoms. The van der Waals surface area contributed by atoms with Gasteiger partial charge in [0.15, 0.2) is 0 Å². The van der Waals surface area contributed by atoms with Crippen LogP contribution in [0.4, 0.5) is 0 Å². The predicted molar refractivity (Wildman–Crippen MR) is 103 cm³/mol. The average molecular weight is 368 g/mol. The minimum atomic E-state index is 0.195. The maximum Gasteiger partial charge on any atom is 0.227 e. The first kappa shape index (κ1) is 18.0. The van der Waals surface area contributed by atoms with E-state index in [-0.39, 0.29) is 5.91 Å². The fourth-order valence-corrected chi connectivity index (χ4v) is 4.25. The van der Waals surface area contributed by atoms with Gasteiger partial charge >= 0.3 is 0 Å². The highest BCUT2D eigenvalue weighted by Crippen LogP contribution is 2.28. The number of amides is 1. The lowest BCUT2D eigenvalue weighted by Crippen LogP contribution is -2.40. The number of piperidine rings is 1. The molecule has 1 amide bonds. The van der Waals surface area contributed by atoms with Gasteiger partial charge in [0, 0.05) is 32.0 Å². The Hall–Kier alpha value is -2.37. The Labute approximate surface area is 160 Å². The number of fused-ring (bicyclic) bond motifs is 1. The molecule has 2 aliphatic heterocycles. The molecule has 1 aromatic carbocycles. The van der Waals surface area contributed by atoms with Crippen molar-refractivity contribution in [2.45, 2.75) is 57.4 Å². The number of aromatic nitrogens is 3. The zero-order chi connectivity index (χ0) is 18.6. The van der Waals surface area contributed by atoms with E-state index in [1.54, 1.807) is 7.11 Å². The van der Waals surface area contributed by atoms with Crippen molar-refractivity contribution in [3.05, 3.63) is 41.5 Å². The lowest BCUT2D eigenvalue weighted by atomic mass is 9.96. The van der Waals surface area contributed by atoms with Gasteiger partial charge in [0.2, 0.25) is 5.91 Å². The van der Waals surface area contributed by atoms with Crippen molar-refractivity contribution in [3.8, 4) is 5.75 Å². The third kappa shape index (κ3) is 3.99. The summed E-state index contributed by atoms with van der Waals surface area (Å²) >= 11 is 0.